The summed E-state index contributed by atoms with van der Waals surface area (Å²) in [5.74, 6) is -0.484. The van der Waals surface area contributed by atoms with E-state index in [1.54, 1.807) is 12.4 Å². The summed E-state index contributed by atoms with van der Waals surface area (Å²) in [6.07, 6.45) is 3.40. The van der Waals surface area contributed by atoms with E-state index in [1.807, 2.05) is 72.9 Å². The Morgan fingerprint density at radius 3 is 2.51 bits per heavy atom. The summed E-state index contributed by atoms with van der Waals surface area (Å²) in [6.45, 7) is 0.149. The molecule has 5 rings (SSSR count). The molecule has 2 aromatic heterocycles. The Hall–Kier alpha value is -2.21. The van der Waals surface area contributed by atoms with E-state index in [2.05, 4.69) is 9.97 Å². The number of ether oxygens (including phenoxy) is 1. The molecule has 0 aliphatic heterocycles. The smallest absolute Gasteiger partial charge is 0.726 e. The third kappa shape index (κ3) is 5.79. The van der Waals surface area contributed by atoms with Crippen LogP contribution in [0.4, 0.5) is 0 Å². The van der Waals surface area contributed by atoms with Gasteiger partial charge in [0, 0.05) is 30.0 Å². The molecule has 4 atom stereocenters. The first kappa shape index (κ1) is 25.9. The van der Waals surface area contributed by atoms with Crippen molar-refractivity contribution in [2.24, 2.45) is 0 Å². The molecule has 0 saturated heterocycles. The average molecular weight is 503 g/mol. The number of aromatic nitrogens is 2. The summed E-state index contributed by atoms with van der Waals surface area (Å²) < 4.78 is 46.1. The molecule has 8 nitrogen and oxygen atoms in total. The van der Waals surface area contributed by atoms with E-state index >= 15 is 0 Å². The molecule has 0 unspecified atom stereocenters. The minimum absolute atomic E-state index is 0. The van der Waals surface area contributed by atoms with Crippen molar-refractivity contribution in [3.8, 4) is 0 Å². The molecule has 35 heavy (non-hydrogen) atoms. The predicted molar refractivity (Wildman–Crippen MR) is 125 cm³/mol. The molecule has 0 fully saturated rings. The molecule has 0 bridgehead atoms. The number of aromatic amines is 2. The van der Waals surface area contributed by atoms with E-state index in [9.17, 15) is 18.1 Å². The summed E-state index contributed by atoms with van der Waals surface area (Å²) in [5, 5.41) is 12.2. The first-order valence-electron chi connectivity index (χ1n) is 10.8. The molecule has 3 N–H and O–H groups in total. The van der Waals surface area contributed by atoms with Crippen molar-refractivity contribution < 1.29 is 56.6 Å². The molecule has 1 aliphatic rings. The Bertz CT molecular complexity index is 1400. The van der Waals surface area contributed by atoms with Gasteiger partial charge in [0.05, 0.1) is 12.7 Å². The monoisotopic (exact) mass is 502 g/mol. The number of aliphatic hydroxyl groups is 1. The molecule has 0 radical (unpaired) electrons. The van der Waals surface area contributed by atoms with Crippen LogP contribution in [0.1, 0.15) is 22.6 Å². The number of aliphatic hydroxyl groups excluding tert-OH is 1. The van der Waals surface area contributed by atoms with Gasteiger partial charge in [0.25, 0.3) is 0 Å². The van der Waals surface area contributed by atoms with Gasteiger partial charge in [-0.1, -0.05) is 42.5 Å². The average Bonchev–Trinajstić information content (AvgIpc) is 3.51. The molecule has 0 saturated carbocycles. The first-order chi connectivity index (χ1) is 16.4. The largest absolute Gasteiger partial charge is 1.00 e. The van der Waals surface area contributed by atoms with Crippen LogP contribution in [-0.2, 0) is 25.9 Å². The topological polar surface area (TPSA) is 127 Å². The van der Waals surface area contributed by atoms with Crippen molar-refractivity contribution >= 4 is 26.9 Å². The van der Waals surface area contributed by atoms with E-state index < -0.39 is 34.6 Å². The van der Waals surface area contributed by atoms with Crippen molar-refractivity contribution in [3.63, 3.8) is 0 Å². The second kappa shape index (κ2) is 10.8. The minimum atomic E-state index is -5.13. The number of hydrogen-bond acceptors (Lipinski definition) is 6. The maximum absolute atomic E-state index is 11.7. The quantitative estimate of drug-likeness (QED) is 0.192. The van der Waals surface area contributed by atoms with E-state index in [4.69, 9.17) is 8.92 Å². The summed E-state index contributed by atoms with van der Waals surface area (Å²) in [4.78, 5) is 6.12. The van der Waals surface area contributed by atoms with Crippen molar-refractivity contribution in [2.45, 2.75) is 30.8 Å². The van der Waals surface area contributed by atoms with Gasteiger partial charge in [0.2, 0.25) is 10.4 Å². The molecule has 0 amide bonds. The molecule has 4 aromatic rings. The van der Waals surface area contributed by atoms with Gasteiger partial charge in [-0.2, -0.15) is 0 Å². The second-order valence-corrected chi connectivity index (χ2v) is 9.26. The normalized spacial score (nSPS) is 22.5. The Morgan fingerprint density at radius 2 is 1.80 bits per heavy atom. The van der Waals surface area contributed by atoms with Gasteiger partial charge in [-0.15, -0.1) is 0 Å². The zero-order valence-electron chi connectivity index (χ0n) is 19.0. The summed E-state index contributed by atoms with van der Waals surface area (Å²) in [5.41, 5.74) is 3.75. The van der Waals surface area contributed by atoms with Gasteiger partial charge in [-0.25, -0.2) is 8.42 Å². The van der Waals surface area contributed by atoms with Crippen LogP contribution in [0.3, 0.4) is 0 Å². The van der Waals surface area contributed by atoms with Crippen LogP contribution >= 0.6 is 0 Å². The van der Waals surface area contributed by atoms with E-state index in [0.717, 1.165) is 22.0 Å². The standard InChI is InChI=1S/C25H24N2O6S.Na/c28-23-20(17-6-7-22-18(12-17)9-11-27-22)13-21(19-8-10-26-14-19)24(25(23)33-34(29,30)31)32-15-16-4-2-1-3-5-16;/h1-14,21,23-28H,15H2,(H,29,30,31);/q;+1/p-1/t21-,23-,24-,25-;/m1./s1. The fraction of sp³-hybridized carbons (Fsp3) is 0.200. The molecule has 1 aliphatic carbocycles. The van der Waals surface area contributed by atoms with Gasteiger partial charge in [0.15, 0.2) is 0 Å². The summed E-state index contributed by atoms with van der Waals surface area (Å²) in [7, 11) is -5.13. The molecule has 2 heterocycles. The van der Waals surface area contributed by atoms with Crippen molar-refractivity contribution in [2.75, 3.05) is 0 Å². The number of fused-ring (bicyclic) bond motifs is 1. The number of nitrogens with one attached hydrogen (secondary N) is 2. The van der Waals surface area contributed by atoms with Gasteiger partial charge in [-0.05, 0) is 51.9 Å². The van der Waals surface area contributed by atoms with Gasteiger partial charge >= 0.3 is 29.6 Å². The Labute approximate surface area is 225 Å². The maximum atomic E-state index is 11.7. The third-order valence-corrected chi connectivity index (χ3v) is 6.53. The van der Waals surface area contributed by atoms with Crippen LogP contribution in [0.5, 0.6) is 0 Å². The minimum Gasteiger partial charge on any atom is -0.726 e. The molecule has 176 valence electrons. The second-order valence-electron chi connectivity index (χ2n) is 8.25. The predicted octanol–water partition coefficient (Wildman–Crippen LogP) is 0.473. The Balaban J connectivity index is 0.00000289. The van der Waals surface area contributed by atoms with Crippen molar-refractivity contribution in [1.82, 2.24) is 9.97 Å². The Kier molecular flexibility index (Phi) is 7.99. The van der Waals surface area contributed by atoms with Crippen molar-refractivity contribution in [1.29, 1.82) is 0 Å². The summed E-state index contributed by atoms with van der Waals surface area (Å²) >= 11 is 0. The fourth-order valence-electron chi connectivity index (χ4n) is 4.49. The molecular weight excluding hydrogens is 479 g/mol. The van der Waals surface area contributed by atoms with E-state index in [-0.39, 0.29) is 36.2 Å². The molecule has 2 aromatic carbocycles. The van der Waals surface area contributed by atoms with Crippen LogP contribution in [-0.4, -0.2) is 46.4 Å². The van der Waals surface area contributed by atoms with E-state index in [1.165, 1.54) is 0 Å². The van der Waals surface area contributed by atoms with Crippen LogP contribution in [0.15, 0.2) is 85.3 Å². The van der Waals surface area contributed by atoms with E-state index in [0.29, 0.717) is 11.1 Å². The first-order valence-corrected chi connectivity index (χ1v) is 12.1. The number of hydrogen-bond donors (Lipinski definition) is 3. The van der Waals surface area contributed by atoms with Crippen molar-refractivity contribution in [3.05, 3.63) is 102 Å². The SMILES string of the molecule is O=S(=O)([O-])O[C@H]1[C@H](OCc2ccccc2)[C@@H](c2cc[nH]c2)C=C(c2ccc3[nH]ccc3c2)[C@H]1O.[Na+]. The van der Waals surface area contributed by atoms with Crippen LogP contribution in [0.2, 0.25) is 0 Å². The van der Waals surface area contributed by atoms with Gasteiger partial charge < -0.3 is 24.4 Å². The van der Waals surface area contributed by atoms with Gasteiger partial charge in [0.1, 0.15) is 12.2 Å². The fourth-order valence-corrected chi connectivity index (χ4v) is 4.97. The summed E-state index contributed by atoms with van der Waals surface area (Å²) in [6, 6.07) is 18.7. The van der Waals surface area contributed by atoms with Crippen LogP contribution in [0.25, 0.3) is 16.5 Å². The zero-order valence-corrected chi connectivity index (χ0v) is 21.8. The maximum Gasteiger partial charge on any atom is 1.00 e. The Morgan fingerprint density at radius 1 is 1.00 bits per heavy atom. The van der Waals surface area contributed by atoms with Gasteiger partial charge in [-0.3, -0.25) is 4.18 Å². The molecule has 0 spiro atoms. The zero-order chi connectivity index (χ0) is 23.7. The number of H-pyrrole nitrogens is 2. The van der Waals surface area contributed by atoms with Crippen LogP contribution < -0.4 is 29.6 Å². The van der Waals surface area contributed by atoms with Crippen LogP contribution in [0, 0.1) is 0 Å². The molecular formula is C25H23N2NaO6S. The number of benzene rings is 2. The third-order valence-electron chi connectivity index (χ3n) is 6.07. The molecule has 10 heteroatoms. The number of rotatable bonds is 7.